The van der Waals surface area contributed by atoms with Crippen LogP contribution in [0.4, 0.5) is 13.2 Å². The van der Waals surface area contributed by atoms with Crippen LogP contribution in [-0.4, -0.2) is 54.4 Å². The molecule has 0 fully saturated rings. The normalized spacial score (nSPS) is 11.4. The Balaban J connectivity index is 1.94. The molecule has 2 aromatic rings. The molecule has 0 aliphatic rings. The summed E-state index contributed by atoms with van der Waals surface area (Å²) in [6.45, 7) is 2.78. The molecule has 7 nitrogen and oxygen atoms in total. The highest BCUT2D eigenvalue weighted by Crippen LogP contribution is 2.18. The number of rotatable bonds is 9. The van der Waals surface area contributed by atoms with E-state index in [9.17, 15) is 22.8 Å². The number of alkyl halides is 3. The summed E-state index contributed by atoms with van der Waals surface area (Å²) in [6, 6.07) is 4.05. The first-order valence-electron chi connectivity index (χ1n) is 8.64. The van der Waals surface area contributed by atoms with Gasteiger partial charge >= 0.3 is 12.1 Å². The second-order valence-electron chi connectivity index (χ2n) is 6.22. The van der Waals surface area contributed by atoms with Crippen LogP contribution in [0.15, 0.2) is 24.4 Å². The van der Waals surface area contributed by atoms with Gasteiger partial charge in [-0.15, -0.1) is 0 Å². The summed E-state index contributed by atoms with van der Waals surface area (Å²) < 4.78 is 52.8. The van der Waals surface area contributed by atoms with Crippen molar-refractivity contribution in [2.45, 2.75) is 26.6 Å². The summed E-state index contributed by atoms with van der Waals surface area (Å²) in [4.78, 5) is 28.1. The van der Waals surface area contributed by atoms with Gasteiger partial charge in [-0.25, -0.2) is 9.78 Å². The Morgan fingerprint density at radius 2 is 1.93 bits per heavy atom. The van der Waals surface area contributed by atoms with Crippen LogP contribution in [0.25, 0.3) is 0 Å². The molecule has 0 aliphatic carbocycles. The first-order chi connectivity index (χ1) is 13.6. The first-order valence-corrected chi connectivity index (χ1v) is 8.64. The number of carbonyl (C=O) groups excluding carboxylic acids is 2. The second-order valence-corrected chi connectivity index (χ2v) is 6.22. The molecule has 0 aliphatic heterocycles. The largest absolute Gasteiger partial charge is 0.468 e. The van der Waals surface area contributed by atoms with Crippen LogP contribution in [0.1, 0.15) is 32.1 Å². The van der Waals surface area contributed by atoms with Crippen molar-refractivity contribution >= 4 is 11.8 Å². The maximum atomic E-state index is 12.4. The van der Waals surface area contributed by atoms with Crippen molar-refractivity contribution in [2.75, 3.05) is 26.9 Å². The number of hydrogen-bond acceptors (Lipinski definition) is 6. The molecule has 0 bridgehead atoms. The van der Waals surface area contributed by atoms with Crippen molar-refractivity contribution in [1.29, 1.82) is 0 Å². The zero-order chi connectivity index (χ0) is 21.6. The van der Waals surface area contributed by atoms with Crippen LogP contribution >= 0.6 is 0 Å². The Labute approximate surface area is 165 Å². The molecule has 0 unspecified atom stereocenters. The van der Waals surface area contributed by atoms with E-state index in [2.05, 4.69) is 9.72 Å². The molecular formula is C19H21F3N2O5. The Kier molecular flexibility index (Phi) is 7.38. The Bertz CT molecular complexity index is 860. The molecule has 2 rings (SSSR count). The molecule has 158 valence electrons. The average Bonchev–Trinajstić information content (AvgIpc) is 2.96. The second kappa shape index (κ2) is 9.55. The maximum absolute atomic E-state index is 12.4. The van der Waals surface area contributed by atoms with E-state index >= 15 is 0 Å². The third-order valence-electron chi connectivity index (χ3n) is 4.08. The van der Waals surface area contributed by atoms with Gasteiger partial charge in [0.25, 0.3) is 0 Å². The van der Waals surface area contributed by atoms with Gasteiger partial charge in [0.05, 0.1) is 12.2 Å². The number of carbonyl (C=O) groups is 2. The third kappa shape index (κ3) is 6.31. The molecule has 0 atom stereocenters. The molecule has 0 amide bonds. The lowest BCUT2D eigenvalue weighted by atomic mass is 10.1. The van der Waals surface area contributed by atoms with Crippen LogP contribution < -0.4 is 4.74 Å². The van der Waals surface area contributed by atoms with E-state index in [0.717, 1.165) is 23.7 Å². The Morgan fingerprint density at radius 3 is 2.52 bits per heavy atom. The zero-order valence-corrected chi connectivity index (χ0v) is 16.2. The lowest BCUT2D eigenvalue weighted by molar-refractivity contribution is -0.154. The topological polar surface area (TPSA) is 79.7 Å². The van der Waals surface area contributed by atoms with E-state index in [1.165, 1.54) is 6.07 Å². The number of halogens is 3. The number of aromatic nitrogens is 2. The lowest BCUT2D eigenvalue weighted by Gasteiger charge is -2.09. The van der Waals surface area contributed by atoms with Crippen LogP contribution in [0.5, 0.6) is 5.88 Å². The number of Topliss-reactive ketones (excluding diaryl/α,β-unsaturated/α-hetero) is 1. The standard InChI is InChI=1S/C19H21F3N2O5/c1-12-8-15(13(2)24(12)6-7-27-3)16(25)10-28-18(26)14-4-5-17(23-9-14)29-11-19(20,21)22/h4-5,8-9H,6-7,10-11H2,1-3H3. The van der Waals surface area contributed by atoms with Gasteiger partial charge in [-0.05, 0) is 26.0 Å². The molecule has 10 heteroatoms. The minimum absolute atomic E-state index is 0.0114. The number of nitrogens with zero attached hydrogens (tertiary/aromatic N) is 2. The van der Waals surface area contributed by atoms with E-state index in [4.69, 9.17) is 9.47 Å². The SMILES string of the molecule is COCCn1c(C)cc(C(=O)COC(=O)c2ccc(OCC(F)(F)F)nc2)c1C. The number of hydrogen-bond donors (Lipinski definition) is 0. The molecule has 0 aromatic carbocycles. The quantitative estimate of drug-likeness (QED) is 0.463. The van der Waals surface area contributed by atoms with Gasteiger partial charge in [0.15, 0.2) is 13.2 Å². The molecule has 2 aromatic heterocycles. The van der Waals surface area contributed by atoms with Gasteiger partial charge in [-0.2, -0.15) is 13.2 Å². The summed E-state index contributed by atoms with van der Waals surface area (Å²) in [5.41, 5.74) is 2.06. The summed E-state index contributed by atoms with van der Waals surface area (Å²) in [7, 11) is 1.59. The van der Waals surface area contributed by atoms with Crippen molar-refractivity contribution in [3.8, 4) is 5.88 Å². The minimum atomic E-state index is -4.49. The number of esters is 1. The fourth-order valence-corrected chi connectivity index (χ4v) is 2.64. The summed E-state index contributed by atoms with van der Waals surface area (Å²) >= 11 is 0. The van der Waals surface area contributed by atoms with Crippen LogP contribution in [0.3, 0.4) is 0 Å². The lowest BCUT2D eigenvalue weighted by Crippen LogP contribution is -2.19. The van der Waals surface area contributed by atoms with E-state index in [-0.39, 0.29) is 17.2 Å². The number of ketones is 1. The number of pyridine rings is 1. The highest BCUT2D eigenvalue weighted by Gasteiger charge is 2.28. The summed E-state index contributed by atoms with van der Waals surface area (Å²) in [6.07, 6.45) is -3.46. The van der Waals surface area contributed by atoms with Gasteiger partial charge in [-0.3, -0.25) is 4.79 Å². The molecule has 0 spiro atoms. The molecule has 29 heavy (non-hydrogen) atoms. The Hall–Kier alpha value is -2.88. The predicted octanol–water partition coefficient (Wildman–Crippen LogP) is 3.13. The summed E-state index contributed by atoms with van der Waals surface area (Å²) in [5, 5.41) is 0. The zero-order valence-electron chi connectivity index (χ0n) is 16.2. The molecule has 0 saturated carbocycles. The molecule has 2 heterocycles. The first kappa shape index (κ1) is 22.4. The average molecular weight is 414 g/mol. The van der Waals surface area contributed by atoms with E-state index in [1.807, 2.05) is 11.5 Å². The van der Waals surface area contributed by atoms with Crippen molar-refractivity contribution < 1.29 is 37.0 Å². The van der Waals surface area contributed by atoms with Gasteiger partial charge in [0.2, 0.25) is 11.7 Å². The highest BCUT2D eigenvalue weighted by molar-refractivity contribution is 6.00. The number of aryl methyl sites for hydroxylation is 1. The van der Waals surface area contributed by atoms with E-state index in [0.29, 0.717) is 18.7 Å². The molecular weight excluding hydrogens is 393 g/mol. The van der Waals surface area contributed by atoms with Crippen molar-refractivity contribution in [1.82, 2.24) is 9.55 Å². The predicted molar refractivity (Wildman–Crippen MR) is 96.2 cm³/mol. The van der Waals surface area contributed by atoms with Crippen molar-refractivity contribution in [3.63, 3.8) is 0 Å². The Morgan fingerprint density at radius 1 is 1.21 bits per heavy atom. The summed E-state index contributed by atoms with van der Waals surface area (Å²) in [5.74, 6) is -1.46. The fraction of sp³-hybridized carbons (Fsp3) is 0.421. The van der Waals surface area contributed by atoms with Gasteiger partial charge in [-0.1, -0.05) is 0 Å². The highest BCUT2D eigenvalue weighted by atomic mass is 19.4. The smallest absolute Gasteiger partial charge is 0.422 e. The van der Waals surface area contributed by atoms with Crippen LogP contribution in [-0.2, 0) is 16.0 Å². The third-order valence-corrected chi connectivity index (χ3v) is 4.08. The van der Waals surface area contributed by atoms with Gasteiger partial charge in [0.1, 0.15) is 0 Å². The van der Waals surface area contributed by atoms with Gasteiger partial charge < -0.3 is 18.8 Å². The number of ether oxygens (including phenoxy) is 3. The molecule has 0 saturated heterocycles. The number of methoxy groups -OCH3 is 1. The van der Waals surface area contributed by atoms with Crippen molar-refractivity contribution in [3.05, 3.63) is 46.9 Å². The molecule has 0 radical (unpaired) electrons. The van der Waals surface area contributed by atoms with E-state index in [1.54, 1.807) is 20.1 Å². The fourth-order valence-electron chi connectivity index (χ4n) is 2.64. The monoisotopic (exact) mass is 414 g/mol. The van der Waals surface area contributed by atoms with E-state index < -0.39 is 25.4 Å². The van der Waals surface area contributed by atoms with Crippen LogP contribution in [0.2, 0.25) is 0 Å². The van der Waals surface area contributed by atoms with Crippen LogP contribution in [0, 0.1) is 13.8 Å². The minimum Gasteiger partial charge on any atom is -0.468 e. The van der Waals surface area contributed by atoms with Crippen molar-refractivity contribution in [2.24, 2.45) is 0 Å². The molecule has 0 N–H and O–H groups in total. The van der Waals surface area contributed by atoms with Gasteiger partial charge in [0, 0.05) is 42.9 Å². The maximum Gasteiger partial charge on any atom is 0.422 e.